The molecule has 3 rings (SSSR count). The van der Waals surface area contributed by atoms with Gasteiger partial charge in [-0.25, -0.2) is 4.39 Å². The second-order valence-corrected chi connectivity index (χ2v) is 6.50. The van der Waals surface area contributed by atoms with Crippen LogP contribution in [0, 0.1) is 11.7 Å². The summed E-state index contributed by atoms with van der Waals surface area (Å²) in [6.45, 7) is 4.34. The van der Waals surface area contributed by atoms with Crippen molar-refractivity contribution in [3.63, 3.8) is 0 Å². The lowest BCUT2D eigenvalue weighted by atomic mass is 9.89. The van der Waals surface area contributed by atoms with Crippen LogP contribution in [0.2, 0.25) is 5.02 Å². The van der Waals surface area contributed by atoms with E-state index in [1.54, 1.807) is 6.07 Å². The lowest BCUT2D eigenvalue weighted by Gasteiger charge is -2.35. The first-order valence-corrected chi connectivity index (χ1v) is 8.00. The molecule has 1 aromatic rings. The first-order chi connectivity index (χ1) is 9.72. The summed E-state index contributed by atoms with van der Waals surface area (Å²) in [5.41, 5.74) is 1.11. The Kier molecular flexibility index (Phi) is 4.59. The van der Waals surface area contributed by atoms with Crippen LogP contribution in [0.15, 0.2) is 18.2 Å². The van der Waals surface area contributed by atoms with Gasteiger partial charge in [0.05, 0.1) is 5.02 Å². The summed E-state index contributed by atoms with van der Waals surface area (Å²) in [4.78, 5) is 2.48. The van der Waals surface area contributed by atoms with Crippen LogP contribution in [0.1, 0.15) is 31.2 Å². The number of rotatable bonds is 3. The molecule has 0 spiro atoms. The summed E-state index contributed by atoms with van der Waals surface area (Å²) in [5, 5.41) is 3.86. The van der Waals surface area contributed by atoms with Crippen molar-refractivity contribution < 1.29 is 4.39 Å². The van der Waals surface area contributed by atoms with Crippen molar-refractivity contribution in [2.45, 2.75) is 38.3 Å². The standard InChI is InChI=1S/C16H22ClFN2/c17-14-9-12(5-6-15(14)18)10-20-8-2-3-13(11-20)16-4-1-7-19-16/h5-6,9,13,16,19H,1-4,7-8,10-11H2. The zero-order valence-electron chi connectivity index (χ0n) is 11.7. The predicted molar refractivity (Wildman–Crippen MR) is 80.4 cm³/mol. The van der Waals surface area contributed by atoms with Crippen molar-refractivity contribution in [1.82, 2.24) is 10.2 Å². The molecule has 1 N–H and O–H groups in total. The van der Waals surface area contributed by atoms with Crippen molar-refractivity contribution in [1.29, 1.82) is 0 Å². The van der Waals surface area contributed by atoms with Gasteiger partial charge in [0.1, 0.15) is 5.82 Å². The van der Waals surface area contributed by atoms with E-state index in [4.69, 9.17) is 11.6 Å². The van der Waals surface area contributed by atoms with E-state index in [1.165, 1.54) is 38.3 Å². The zero-order chi connectivity index (χ0) is 13.9. The quantitative estimate of drug-likeness (QED) is 0.919. The average molecular weight is 297 g/mol. The van der Waals surface area contributed by atoms with Crippen LogP contribution in [0.3, 0.4) is 0 Å². The highest BCUT2D eigenvalue weighted by Gasteiger charge is 2.28. The first-order valence-electron chi connectivity index (χ1n) is 7.62. The number of nitrogens with zero attached hydrogens (tertiary/aromatic N) is 1. The Morgan fingerprint density at radius 1 is 1.30 bits per heavy atom. The van der Waals surface area contributed by atoms with Gasteiger partial charge in [0, 0.05) is 19.1 Å². The molecule has 20 heavy (non-hydrogen) atoms. The minimum Gasteiger partial charge on any atom is -0.314 e. The molecule has 1 aromatic carbocycles. The third kappa shape index (κ3) is 3.33. The molecule has 0 saturated carbocycles. The van der Waals surface area contributed by atoms with E-state index in [9.17, 15) is 4.39 Å². The van der Waals surface area contributed by atoms with Crippen molar-refractivity contribution in [2.24, 2.45) is 5.92 Å². The molecule has 2 heterocycles. The van der Waals surface area contributed by atoms with Crippen molar-refractivity contribution >= 4 is 11.6 Å². The number of hydrogen-bond donors (Lipinski definition) is 1. The number of likely N-dealkylation sites (tertiary alicyclic amines) is 1. The molecular formula is C16H22ClFN2. The molecule has 0 aromatic heterocycles. The highest BCUT2D eigenvalue weighted by atomic mass is 35.5. The lowest BCUT2D eigenvalue weighted by Crippen LogP contribution is -2.43. The van der Waals surface area contributed by atoms with E-state index in [2.05, 4.69) is 10.2 Å². The Morgan fingerprint density at radius 3 is 2.95 bits per heavy atom. The molecule has 2 atom stereocenters. The van der Waals surface area contributed by atoms with E-state index < -0.39 is 0 Å². The number of hydrogen-bond acceptors (Lipinski definition) is 2. The fraction of sp³-hybridized carbons (Fsp3) is 0.625. The van der Waals surface area contributed by atoms with Crippen LogP contribution in [0.4, 0.5) is 4.39 Å². The smallest absolute Gasteiger partial charge is 0.141 e. The van der Waals surface area contributed by atoms with Crippen molar-refractivity contribution in [3.05, 3.63) is 34.6 Å². The Morgan fingerprint density at radius 2 is 2.20 bits per heavy atom. The minimum atomic E-state index is -0.331. The van der Waals surface area contributed by atoms with E-state index >= 15 is 0 Å². The molecule has 2 aliphatic rings. The second kappa shape index (κ2) is 6.42. The van der Waals surface area contributed by atoms with Crippen LogP contribution in [-0.4, -0.2) is 30.6 Å². The van der Waals surface area contributed by atoms with E-state index in [1.807, 2.05) is 6.07 Å². The van der Waals surface area contributed by atoms with Gasteiger partial charge in [-0.3, -0.25) is 4.90 Å². The monoisotopic (exact) mass is 296 g/mol. The minimum absolute atomic E-state index is 0.230. The van der Waals surface area contributed by atoms with Crippen LogP contribution in [-0.2, 0) is 6.54 Å². The summed E-state index contributed by atoms with van der Waals surface area (Å²) < 4.78 is 13.2. The summed E-state index contributed by atoms with van der Waals surface area (Å²) in [5.74, 6) is 0.435. The maximum Gasteiger partial charge on any atom is 0.141 e. The molecule has 0 aliphatic carbocycles. The highest BCUT2D eigenvalue weighted by molar-refractivity contribution is 6.30. The van der Waals surface area contributed by atoms with Crippen molar-refractivity contribution in [2.75, 3.05) is 19.6 Å². The van der Waals surface area contributed by atoms with Gasteiger partial charge in [0.25, 0.3) is 0 Å². The Labute approximate surface area is 125 Å². The fourth-order valence-corrected chi connectivity index (χ4v) is 3.78. The summed E-state index contributed by atoms with van der Waals surface area (Å²) in [6, 6.07) is 5.78. The average Bonchev–Trinajstić information content (AvgIpc) is 2.97. The van der Waals surface area contributed by atoms with E-state index in [0.29, 0.717) is 6.04 Å². The Hall–Kier alpha value is -0.640. The molecule has 4 heteroatoms. The number of nitrogens with one attached hydrogen (secondary N) is 1. The molecule has 110 valence electrons. The van der Waals surface area contributed by atoms with Gasteiger partial charge in [-0.05, 0) is 62.4 Å². The zero-order valence-corrected chi connectivity index (χ0v) is 12.5. The molecule has 0 bridgehead atoms. The van der Waals surface area contributed by atoms with E-state index in [-0.39, 0.29) is 10.8 Å². The van der Waals surface area contributed by atoms with Crippen LogP contribution in [0.25, 0.3) is 0 Å². The summed E-state index contributed by atoms with van der Waals surface area (Å²) in [6.07, 6.45) is 5.23. The molecular weight excluding hydrogens is 275 g/mol. The van der Waals surface area contributed by atoms with Gasteiger partial charge in [-0.15, -0.1) is 0 Å². The van der Waals surface area contributed by atoms with Gasteiger partial charge in [0.15, 0.2) is 0 Å². The summed E-state index contributed by atoms with van der Waals surface area (Å²) in [7, 11) is 0. The Balaban J connectivity index is 1.60. The second-order valence-electron chi connectivity index (χ2n) is 6.09. The third-order valence-electron chi connectivity index (χ3n) is 4.60. The highest BCUT2D eigenvalue weighted by Crippen LogP contribution is 2.26. The fourth-order valence-electron chi connectivity index (χ4n) is 3.57. The van der Waals surface area contributed by atoms with Gasteiger partial charge in [0.2, 0.25) is 0 Å². The topological polar surface area (TPSA) is 15.3 Å². The normalized spacial score (nSPS) is 27.9. The Bertz CT molecular complexity index is 460. The maximum absolute atomic E-state index is 13.2. The summed E-state index contributed by atoms with van der Waals surface area (Å²) >= 11 is 5.86. The van der Waals surface area contributed by atoms with Gasteiger partial charge in [-0.1, -0.05) is 17.7 Å². The predicted octanol–water partition coefficient (Wildman–Crippen LogP) is 3.44. The van der Waals surface area contributed by atoms with Gasteiger partial charge >= 0.3 is 0 Å². The van der Waals surface area contributed by atoms with Gasteiger partial charge in [-0.2, -0.15) is 0 Å². The number of halogens is 2. The number of benzene rings is 1. The molecule has 2 nitrogen and oxygen atoms in total. The molecule has 2 unspecified atom stereocenters. The maximum atomic E-state index is 13.2. The lowest BCUT2D eigenvalue weighted by molar-refractivity contribution is 0.145. The van der Waals surface area contributed by atoms with Crippen molar-refractivity contribution in [3.8, 4) is 0 Å². The molecule has 0 amide bonds. The molecule has 2 aliphatic heterocycles. The third-order valence-corrected chi connectivity index (χ3v) is 4.89. The molecule has 2 fully saturated rings. The molecule has 0 radical (unpaired) electrons. The van der Waals surface area contributed by atoms with Crippen LogP contribution < -0.4 is 5.32 Å². The van der Waals surface area contributed by atoms with Gasteiger partial charge < -0.3 is 5.32 Å². The van der Waals surface area contributed by atoms with E-state index in [0.717, 1.165) is 31.1 Å². The van der Waals surface area contributed by atoms with Crippen LogP contribution >= 0.6 is 11.6 Å². The molecule has 2 saturated heterocycles. The first kappa shape index (κ1) is 14.3. The largest absolute Gasteiger partial charge is 0.314 e. The van der Waals surface area contributed by atoms with Crippen LogP contribution in [0.5, 0.6) is 0 Å². The SMILES string of the molecule is Fc1ccc(CN2CCCC(C3CCCN3)C2)cc1Cl. The number of piperidine rings is 1.